The van der Waals surface area contributed by atoms with Gasteiger partial charge in [0.2, 0.25) is 0 Å². The second-order valence-electron chi connectivity index (χ2n) is 6.41. The summed E-state index contributed by atoms with van der Waals surface area (Å²) in [5.41, 5.74) is -0.0527. The quantitative estimate of drug-likeness (QED) is 0.701. The number of hydrogen-bond donors (Lipinski definition) is 3. The minimum absolute atomic E-state index is 0.107. The van der Waals surface area contributed by atoms with Crippen LogP contribution >= 0.6 is 0 Å². The Morgan fingerprint density at radius 3 is 2.46 bits per heavy atom. The molecule has 1 saturated heterocycles. The predicted octanol–water partition coefficient (Wildman–Crippen LogP) is 1.39. The molecule has 1 heterocycles. The Kier molecular flexibility index (Phi) is 6.60. The van der Waals surface area contributed by atoms with Crippen LogP contribution in [0, 0.1) is 0 Å². The van der Waals surface area contributed by atoms with Crippen molar-refractivity contribution in [1.29, 1.82) is 0 Å². The molecule has 0 saturated carbocycles. The van der Waals surface area contributed by atoms with Gasteiger partial charge in [-0.3, -0.25) is 4.79 Å². The maximum Gasteiger partial charge on any atom is 0.252 e. The van der Waals surface area contributed by atoms with E-state index in [1.165, 1.54) is 0 Å². The van der Waals surface area contributed by atoms with Gasteiger partial charge >= 0.3 is 0 Å². The summed E-state index contributed by atoms with van der Waals surface area (Å²) in [6, 6.07) is 7.27. The van der Waals surface area contributed by atoms with E-state index in [1.54, 1.807) is 7.11 Å². The molecule has 0 aliphatic carbocycles. The molecule has 3 N–H and O–H groups in total. The van der Waals surface area contributed by atoms with Crippen LogP contribution in [0.4, 0.5) is 0 Å². The zero-order valence-electron chi connectivity index (χ0n) is 14.7. The number of aliphatic hydroxyl groups excluding tert-OH is 1. The Morgan fingerprint density at radius 2 is 1.92 bits per heavy atom. The first-order chi connectivity index (χ1) is 11.5. The standard InChI is InChI=1S/C18H28N2O4/c1-13(2)24-15-6-4-14(5-7-15)16(21)12-20-17(22)18(23-3)8-10-19-11-9-18/h4-7,13,16,19,21H,8-12H2,1-3H3,(H,20,22). The summed E-state index contributed by atoms with van der Waals surface area (Å²) in [6.07, 6.45) is 0.604. The molecule has 0 spiro atoms. The molecule has 0 bridgehead atoms. The Balaban J connectivity index is 1.89. The molecule has 1 amide bonds. The molecule has 1 aliphatic rings. The van der Waals surface area contributed by atoms with E-state index in [0.29, 0.717) is 12.8 Å². The van der Waals surface area contributed by atoms with Gasteiger partial charge in [-0.05, 0) is 57.5 Å². The lowest BCUT2D eigenvalue weighted by molar-refractivity contribution is -0.147. The average Bonchev–Trinajstić information content (AvgIpc) is 2.60. The number of amides is 1. The molecule has 1 fully saturated rings. The van der Waals surface area contributed by atoms with Crippen molar-refractivity contribution in [3.8, 4) is 5.75 Å². The lowest BCUT2D eigenvalue weighted by Gasteiger charge is -2.35. The fourth-order valence-corrected chi connectivity index (χ4v) is 2.86. The van der Waals surface area contributed by atoms with Crippen molar-refractivity contribution in [2.45, 2.75) is 44.5 Å². The van der Waals surface area contributed by atoms with Crippen molar-refractivity contribution in [2.24, 2.45) is 0 Å². The van der Waals surface area contributed by atoms with Crippen LogP contribution in [0.3, 0.4) is 0 Å². The number of ether oxygens (including phenoxy) is 2. The summed E-state index contributed by atoms with van der Waals surface area (Å²) >= 11 is 0. The van der Waals surface area contributed by atoms with Crippen molar-refractivity contribution < 1.29 is 19.4 Å². The van der Waals surface area contributed by atoms with Crippen molar-refractivity contribution >= 4 is 5.91 Å². The molecule has 6 nitrogen and oxygen atoms in total. The third kappa shape index (κ3) is 4.69. The molecular weight excluding hydrogens is 308 g/mol. The van der Waals surface area contributed by atoms with E-state index < -0.39 is 11.7 Å². The fraction of sp³-hybridized carbons (Fsp3) is 0.611. The van der Waals surface area contributed by atoms with Gasteiger partial charge in [-0.15, -0.1) is 0 Å². The first-order valence-corrected chi connectivity index (χ1v) is 8.46. The summed E-state index contributed by atoms with van der Waals surface area (Å²) in [5.74, 6) is 0.600. The third-order valence-corrected chi connectivity index (χ3v) is 4.31. The van der Waals surface area contributed by atoms with Crippen molar-refractivity contribution in [1.82, 2.24) is 10.6 Å². The minimum atomic E-state index is -0.792. The van der Waals surface area contributed by atoms with E-state index in [4.69, 9.17) is 9.47 Å². The predicted molar refractivity (Wildman–Crippen MR) is 92.0 cm³/mol. The first-order valence-electron chi connectivity index (χ1n) is 8.46. The molecule has 1 aliphatic heterocycles. The van der Waals surface area contributed by atoms with E-state index in [2.05, 4.69) is 10.6 Å². The smallest absolute Gasteiger partial charge is 0.252 e. The summed E-state index contributed by atoms with van der Waals surface area (Å²) in [4.78, 5) is 12.5. The summed E-state index contributed by atoms with van der Waals surface area (Å²) in [5, 5.41) is 16.3. The number of benzene rings is 1. The monoisotopic (exact) mass is 336 g/mol. The Morgan fingerprint density at radius 1 is 1.29 bits per heavy atom. The summed E-state index contributed by atoms with van der Waals surface area (Å²) in [6.45, 7) is 5.58. The van der Waals surface area contributed by atoms with Crippen molar-refractivity contribution in [2.75, 3.05) is 26.7 Å². The molecule has 1 aromatic rings. The normalized spacial score (nSPS) is 18.2. The number of nitrogens with one attached hydrogen (secondary N) is 2. The lowest BCUT2D eigenvalue weighted by Crippen LogP contribution is -2.54. The average molecular weight is 336 g/mol. The van der Waals surface area contributed by atoms with Crippen molar-refractivity contribution in [3.63, 3.8) is 0 Å². The second-order valence-corrected chi connectivity index (χ2v) is 6.41. The maximum atomic E-state index is 12.5. The molecule has 0 aromatic heterocycles. The highest BCUT2D eigenvalue weighted by Gasteiger charge is 2.39. The molecule has 1 aromatic carbocycles. The van der Waals surface area contributed by atoms with Crippen LogP contribution in [0.25, 0.3) is 0 Å². The van der Waals surface area contributed by atoms with Crippen LogP contribution in [0.1, 0.15) is 38.4 Å². The number of aliphatic hydroxyl groups is 1. The Hall–Kier alpha value is -1.63. The molecule has 0 radical (unpaired) electrons. The number of piperidine rings is 1. The Labute approximate surface area is 143 Å². The van der Waals surface area contributed by atoms with Gasteiger partial charge in [0.25, 0.3) is 5.91 Å². The number of methoxy groups -OCH3 is 1. The van der Waals surface area contributed by atoms with E-state index in [0.717, 1.165) is 24.4 Å². The number of hydrogen-bond acceptors (Lipinski definition) is 5. The van der Waals surface area contributed by atoms with E-state index in [1.807, 2.05) is 38.1 Å². The lowest BCUT2D eigenvalue weighted by atomic mass is 9.91. The number of carbonyl (C=O) groups excluding carboxylic acids is 1. The number of carbonyl (C=O) groups is 1. The molecule has 2 rings (SSSR count). The molecular formula is C18H28N2O4. The minimum Gasteiger partial charge on any atom is -0.491 e. The summed E-state index contributed by atoms with van der Waals surface area (Å²) in [7, 11) is 1.56. The van der Waals surface area contributed by atoms with Crippen LogP contribution in [-0.4, -0.2) is 49.5 Å². The van der Waals surface area contributed by atoms with Gasteiger partial charge in [0, 0.05) is 13.7 Å². The zero-order chi connectivity index (χ0) is 17.6. The van der Waals surface area contributed by atoms with E-state index in [9.17, 15) is 9.90 Å². The molecule has 1 atom stereocenters. The van der Waals surface area contributed by atoms with Crippen LogP contribution in [0.5, 0.6) is 5.75 Å². The highest BCUT2D eigenvalue weighted by molar-refractivity contribution is 5.85. The first kappa shape index (κ1) is 18.7. The van der Waals surface area contributed by atoms with E-state index >= 15 is 0 Å². The van der Waals surface area contributed by atoms with Crippen LogP contribution in [0.2, 0.25) is 0 Å². The molecule has 24 heavy (non-hydrogen) atoms. The maximum absolute atomic E-state index is 12.5. The Bertz CT molecular complexity index is 524. The zero-order valence-corrected chi connectivity index (χ0v) is 14.7. The molecule has 6 heteroatoms. The van der Waals surface area contributed by atoms with Crippen molar-refractivity contribution in [3.05, 3.63) is 29.8 Å². The summed E-state index contributed by atoms with van der Waals surface area (Å²) < 4.78 is 11.1. The SMILES string of the molecule is COC1(C(=O)NCC(O)c2ccc(OC(C)C)cc2)CCNCC1. The molecule has 134 valence electrons. The largest absolute Gasteiger partial charge is 0.491 e. The fourth-order valence-electron chi connectivity index (χ4n) is 2.86. The second kappa shape index (κ2) is 8.46. The third-order valence-electron chi connectivity index (χ3n) is 4.31. The topological polar surface area (TPSA) is 79.8 Å². The van der Waals surface area contributed by atoms with Gasteiger partial charge in [-0.2, -0.15) is 0 Å². The number of rotatable bonds is 7. The van der Waals surface area contributed by atoms with Gasteiger partial charge in [-0.1, -0.05) is 12.1 Å². The van der Waals surface area contributed by atoms with Gasteiger partial charge < -0.3 is 25.2 Å². The van der Waals surface area contributed by atoms with Gasteiger partial charge in [0.05, 0.1) is 12.2 Å². The molecule has 1 unspecified atom stereocenters. The van der Waals surface area contributed by atoms with Gasteiger partial charge in [0.1, 0.15) is 11.4 Å². The van der Waals surface area contributed by atoms with Gasteiger partial charge in [0.15, 0.2) is 0 Å². The van der Waals surface area contributed by atoms with Crippen LogP contribution in [0.15, 0.2) is 24.3 Å². The van der Waals surface area contributed by atoms with Crippen LogP contribution < -0.4 is 15.4 Å². The van der Waals surface area contributed by atoms with Crippen LogP contribution in [-0.2, 0) is 9.53 Å². The highest BCUT2D eigenvalue weighted by Crippen LogP contribution is 2.23. The van der Waals surface area contributed by atoms with Gasteiger partial charge in [-0.25, -0.2) is 0 Å². The highest BCUT2D eigenvalue weighted by atomic mass is 16.5. The van der Waals surface area contributed by atoms with E-state index in [-0.39, 0.29) is 18.6 Å².